The highest BCUT2D eigenvalue weighted by molar-refractivity contribution is 5.87. The topological polar surface area (TPSA) is 66.8 Å². The molecular weight excluding hydrogens is 208 g/mol. The smallest absolute Gasteiger partial charge is 0.314 e. The highest BCUT2D eigenvalue weighted by Gasteiger charge is 2.54. The first-order chi connectivity index (χ1) is 7.62. The van der Waals surface area contributed by atoms with E-state index in [9.17, 15) is 15.0 Å². The summed E-state index contributed by atoms with van der Waals surface area (Å²) in [5.74, 6) is -0.414. The zero-order valence-corrected chi connectivity index (χ0v) is 9.06. The molecule has 0 unspecified atom stereocenters. The van der Waals surface area contributed by atoms with Crippen LogP contribution < -0.4 is 4.74 Å². The van der Waals surface area contributed by atoms with Gasteiger partial charge < -0.3 is 14.9 Å². The normalized spacial score (nSPS) is 16.8. The van der Waals surface area contributed by atoms with Crippen LogP contribution in [0.1, 0.15) is 25.3 Å². The highest BCUT2D eigenvalue weighted by Crippen LogP contribution is 2.54. The van der Waals surface area contributed by atoms with Crippen LogP contribution in [0.5, 0.6) is 11.5 Å². The van der Waals surface area contributed by atoms with E-state index in [1.54, 1.807) is 12.1 Å². The third-order valence-corrected chi connectivity index (χ3v) is 2.94. The Bertz CT molecular complexity index is 421. The summed E-state index contributed by atoms with van der Waals surface area (Å²) in [6.45, 7) is 2.28. The molecule has 1 aromatic carbocycles. The second kappa shape index (κ2) is 3.70. The number of phenolic OH excluding ortho intramolecular Hbond substituents is 1. The minimum Gasteiger partial charge on any atom is -0.507 e. The monoisotopic (exact) mass is 222 g/mol. The lowest BCUT2D eigenvalue weighted by atomic mass is 9.94. The fourth-order valence-corrected chi connectivity index (χ4v) is 1.97. The summed E-state index contributed by atoms with van der Waals surface area (Å²) in [7, 11) is 0. The predicted octanol–water partition coefficient (Wildman–Crippen LogP) is 1.91. The Morgan fingerprint density at radius 2 is 2.19 bits per heavy atom. The van der Waals surface area contributed by atoms with Gasteiger partial charge >= 0.3 is 5.97 Å². The molecule has 0 radical (unpaired) electrons. The molecule has 4 heteroatoms. The fourth-order valence-electron chi connectivity index (χ4n) is 1.97. The van der Waals surface area contributed by atoms with Gasteiger partial charge in [0.15, 0.2) is 0 Å². The van der Waals surface area contributed by atoms with Crippen molar-refractivity contribution in [3.8, 4) is 11.5 Å². The number of rotatable bonds is 4. The third-order valence-electron chi connectivity index (χ3n) is 2.94. The average molecular weight is 222 g/mol. The van der Waals surface area contributed by atoms with E-state index in [1.165, 1.54) is 6.07 Å². The second-order valence-corrected chi connectivity index (χ2v) is 3.97. The Morgan fingerprint density at radius 3 is 2.69 bits per heavy atom. The molecule has 2 rings (SSSR count). The molecule has 1 fully saturated rings. The number of carbonyl (C=O) groups is 1. The highest BCUT2D eigenvalue weighted by atomic mass is 16.5. The summed E-state index contributed by atoms with van der Waals surface area (Å²) in [6, 6.07) is 4.85. The number of phenols is 1. The number of aromatic hydroxyl groups is 1. The van der Waals surface area contributed by atoms with Gasteiger partial charge in [-0.15, -0.1) is 0 Å². The summed E-state index contributed by atoms with van der Waals surface area (Å²) in [6.07, 6.45) is 1.11. The van der Waals surface area contributed by atoms with Gasteiger partial charge in [0.1, 0.15) is 16.9 Å². The molecule has 0 atom stereocenters. The molecule has 0 spiro atoms. The van der Waals surface area contributed by atoms with Crippen LogP contribution in [0.2, 0.25) is 0 Å². The molecule has 4 nitrogen and oxygen atoms in total. The van der Waals surface area contributed by atoms with Crippen molar-refractivity contribution in [3.63, 3.8) is 0 Å². The van der Waals surface area contributed by atoms with Crippen LogP contribution in [0.25, 0.3) is 0 Å². The van der Waals surface area contributed by atoms with Crippen LogP contribution in [0.15, 0.2) is 18.2 Å². The first-order valence-electron chi connectivity index (χ1n) is 5.30. The zero-order valence-electron chi connectivity index (χ0n) is 9.06. The maximum absolute atomic E-state index is 11.2. The summed E-state index contributed by atoms with van der Waals surface area (Å²) >= 11 is 0. The van der Waals surface area contributed by atoms with Gasteiger partial charge in [0, 0.05) is 0 Å². The maximum atomic E-state index is 11.2. The average Bonchev–Trinajstić information content (AvgIpc) is 2.99. The van der Waals surface area contributed by atoms with E-state index in [1.807, 2.05) is 6.92 Å². The van der Waals surface area contributed by atoms with Crippen molar-refractivity contribution in [2.45, 2.75) is 25.2 Å². The van der Waals surface area contributed by atoms with Crippen molar-refractivity contribution in [2.24, 2.45) is 0 Å². The minimum absolute atomic E-state index is 0.00542. The van der Waals surface area contributed by atoms with Crippen molar-refractivity contribution in [2.75, 3.05) is 6.61 Å². The molecule has 0 saturated heterocycles. The van der Waals surface area contributed by atoms with E-state index in [2.05, 4.69) is 0 Å². The van der Waals surface area contributed by atoms with Crippen molar-refractivity contribution in [1.82, 2.24) is 0 Å². The van der Waals surface area contributed by atoms with Crippen LogP contribution in [0.3, 0.4) is 0 Å². The van der Waals surface area contributed by atoms with E-state index >= 15 is 0 Å². The van der Waals surface area contributed by atoms with Crippen molar-refractivity contribution in [1.29, 1.82) is 0 Å². The summed E-state index contributed by atoms with van der Waals surface area (Å²) in [4.78, 5) is 11.2. The standard InChI is InChI=1S/C12H14O4/c1-2-16-9-5-3-4-8(13)10(9)12(6-7-12)11(14)15/h3-5,13H,2,6-7H2,1H3,(H,14,15). The lowest BCUT2D eigenvalue weighted by Crippen LogP contribution is -2.20. The number of ether oxygens (including phenoxy) is 1. The molecule has 86 valence electrons. The first kappa shape index (κ1) is 10.8. The molecule has 0 amide bonds. The van der Waals surface area contributed by atoms with Crippen LogP contribution in [-0.4, -0.2) is 22.8 Å². The Kier molecular flexibility index (Phi) is 2.50. The van der Waals surface area contributed by atoms with Gasteiger partial charge in [-0.1, -0.05) is 6.07 Å². The third kappa shape index (κ3) is 1.50. The first-order valence-corrected chi connectivity index (χ1v) is 5.30. The largest absolute Gasteiger partial charge is 0.507 e. The number of benzene rings is 1. The lowest BCUT2D eigenvalue weighted by Gasteiger charge is -2.16. The Labute approximate surface area is 93.5 Å². The quantitative estimate of drug-likeness (QED) is 0.816. The minimum atomic E-state index is -0.935. The molecule has 1 aromatic rings. The SMILES string of the molecule is CCOc1cccc(O)c1C1(C(=O)O)CC1. The van der Waals surface area contributed by atoms with Gasteiger partial charge in [0.05, 0.1) is 12.2 Å². The van der Waals surface area contributed by atoms with E-state index in [4.69, 9.17) is 4.74 Å². The summed E-state index contributed by atoms with van der Waals surface area (Å²) < 4.78 is 5.37. The number of hydrogen-bond acceptors (Lipinski definition) is 3. The molecule has 1 aliphatic carbocycles. The molecular formula is C12H14O4. The Morgan fingerprint density at radius 1 is 1.50 bits per heavy atom. The van der Waals surface area contributed by atoms with Gasteiger partial charge in [0.2, 0.25) is 0 Å². The lowest BCUT2D eigenvalue weighted by molar-refractivity contribution is -0.140. The maximum Gasteiger partial charge on any atom is 0.314 e. The van der Waals surface area contributed by atoms with Crippen LogP contribution >= 0.6 is 0 Å². The number of carboxylic acid groups (broad SMARTS) is 1. The van der Waals surface area contributed by atoms with E-state index in [0.717, 1.165) is 0 Å². The Hall–Kier alpha value is -1.71. The van der Waals surface area contributed by atoms with Crippen LogP contribution in [0, 0.1) is 0 Å². The molecule has 0 bridgehead atoms. The van der Waals surface area contributed by atoms with E-state index < -0.39 is 11.4 Å². The van der Waals surface area contributed by atoms with Gasteiger partial charge in [-0.2, -0.15) is 0 Å². The molecule has 2 N–H and O–H groups in total. The molecule has 1 saturated carbocycles. The number of hydrogen-bond donors (Lipinski definition) is 2. The van der Waals surface area contributed by atoms with Gasteiger partial charge in [-0.25, -0.2) is 0 Å². The predicted molar refractivity (Wildman–Crippen MR) is 57.8 cm³/mol. The zero-order chi connectivity index (χ0) is 11.8. The van der Waals surface area contributed by atoms with Gasteiger partial charge in [0.25, 0.3) is 0 Å². The number of carboxylic acids is 1. The van der Waals surface area contributed by atoms with Crippen molar-refractivity contribution >= 4 is 5.97 Å². The molecule has 0 aliphatic heterocycles. The molecule has 1 aliphatic rings. The fraction of sp³-hybridized carbons (Fsp3) is 0.417. The van der Waals surface area contributed by atoms with E-state index in [-0.39, 0.29) is 5.75 Å². The Balaban J connectivity index is 2.50. The summed E-state index contributed by atoms with van der Waals surface area (Å²) in [5.41, 5.74) is -0.514. The molecule has 0 aromatic heterocycles. The number of aliphatic carboxylic acids is 1. The summed E-state index contributed by atoms with van der Waals surface area (Å²) in [5, 5.41) is 19.0. The van der Waals surface area contributed by atoms with Gasteiger partial charge in [-0.05, 0) is 31.9 Å². The van der Waals surface area contributed by atoms with E-state index in [0.29, 0.717) is 30.8 Å². The van der Waals surface area contributed by atoms with Crippen LogP contribution in [0.4, 0.5) is 0 Å². The molecule has 16 heavy (non-hydrogen) atoms. The molecule has 0 heterocycles. The second-order valence-electron chi connectivity index (χ2n) is 3.97. The van der Waals surface area contributed by atoms with Gasteiger partial charge in [-0.3, -0.25) is 4.79 Å². The van der Waals surface area contributed by atoms with Crippen molar-refractivity contribution < 1.29 is 19.7 Å². The van der Waals surface area contributed by atoms with Crippen molar-refractivity contribution in [3.05, 3.63) is 23.8 Å². The van der Waals surface area contributed by atoms with Crippen LogP contribution in [-0.2, 0) is 10.2 Å².